The number of methoxy groups -OCH3 is 3. The lowest BCUT2D eigenvalue weighted by Gasteiger charge is -2.31. The molecule has 5 aromatic rings. The Labute approximate surface area is 446 Å². The third kappa shape index (κ3) is 10.6. The number of amides is 4. The molecule has 18 heteroatoms. The smallest absolute Gasteiger partial charge is 0.416 e. The number of hydrogen-bond donors (Lipinski definition) is 3. The van der Waals surface area contributed by atoms with E-state index in [4.69, 9.17) is 39.1 Å². The van der Waals surface area contributed by atoms with Crippen LogP contribution >= 0.6 is 0 Å². The van der Waals surface area contributed by atoms with E-state index < -0.39 is 30.4 Å². The summed E-state index contributed by atoms with van der Waals surface area (Å²) >= 11 is 0. The number of anilines is 1. The van der Waals surface area contributed by atoms with Crippen LogP contribution in [0, 0.1) is 11.3 Å². The molecule has 0 aromatic heterocycles. The summed E-state index contributed by atoms with van der Waals surface area (Å²) in [6.45, 7) is 5.88. The normalized spacial score (nSPS) is 19.6. The van der Waals surface area contributed by atoms with Crippen LogP contribution in [-0.4, -0.2) is 122 Å². The SMILES string of the molecule is COc1ccc2cc(C3=CN4C(=O)c5cc(OC)c(OCCCOc6cc7c(cc6OC)C(=O)N6CC8(CC8)C[C@H]6C(O)N7C(=O)OCc6ccc(CC(=O)[C@H](C)NC(=O)[C@@H](N)C(C)C)cc6)cc5N=C[C@@H]4C3)ccc2c1. The molecular weight excluding hydrogens is 985 g/mol. The van der Waals surface area contributed by atoms with Crippen molar-refractivity contribution in [3.63, 3.8) is 0 Å². The van der Waals surface area contributed by atoms with Gasteiger partial charge in [0.2, 0.25) is 5.91 Å². The Kier molecular flexibility index (Phi) is 14.7. The van der Waals surface area contributed by atoms with Crippen molar-refractivity contribution in [2.45, 2.75) is 96.3 Å². The van der Waals surface area contributed by atoms with Gasteiger partial charge >= 0.3 is 6.09 Å². The van der Waals surface area contributed by atoms with Gasteiger partial charge in [-0.1, -0.05) is 56.3 Å². The standard InChI is InChI=1S/C59H64N6O12/c1-33(2)53(60)54(67)62-34(3)48(66)20-35-8-10-36(11-9-35)31-77-58(71)65-46-27-52(50(74-6)25-44(46)56(69)64-32-59(16-17-59)28-47(64)57(65)70)76-19-7-18-75-51-26-45-43(24-49(51)73-5)55(68)63-30-40(22-41(63)29-61-45)38-12-13-39-23-42(72-4)15-14-37(39)21-38/h8-15,21,23-27,29-30,33-34,41,47,53,57,70H,7,16-20,22,28,31-32,60H2,1-6H3,(H,62,67)/t34-,41-,47-,53-,57?/m0/s1. The Morgan fingerprint density at radius 2 is 1.48 bits per heavy atom. The molecule has 1 saturated heterocycles. The summed E-state index contributed by atoms with van der Waals surface area (Å²) in [5.41, 5.74) is 10.3. The van der Waals surface area contributed by atoms with E-state index in [0.29, 0.717) is 59.7 Å². The molecule has 402 valence electrons. The number of hydrogen-bond acceptors (Lipinski definition) is 14. The second-order valence-electron chi connectivity index (χ2n) is 20.9. The van der Waals surface area contributed by atoms with Gasteiger partial charge in [0.15, 0.2) is 35.0 Å². The quantitative estimate of drug-likeness (QED) is 0.0716. The lowest BCUT2D eigenvalue weighted by Crippen LogP contribution is -2.50. The highest BCUT2D eigenvalue weighted by atomic mass is 16.6. The summed E-state index contributed by atoms with van der Waals surface area (Å²) in [5.74, 6) is 0.823. The summed E-state index contributed by atoms with van der Waals surface area (Å²) in [6, 6.07) is 23.1. The minimum absolute atomic E-state index is 0.0662. The number of aliphatic hydroxyl groups is 1. The number of rotatable bonds is 18. The molecular formula is C59H64N6O12. The van der Waals surface area contributed by atoms with Crippen LogP contribution in [-0.2, 0) is 27.4 Å². The van der Waals surface area contributed by atoms with Gasteiger partial charge in [-0.25, -0.2) is 9.69 Å². The van der Waals surface area contributed by atoms with Crippen molar-refractivity contribution >= 4 is 63.5 Å². The number of carbonyl (C=O) groups is 5. The molecule has 4 aliphatic heterocycles. The first-order valence-corrected chi connectivity index (χ1v) is 26.0. The Bertz CT molecular complexity index is 3210. The van der Waals surface area contributed by atoms with Crippen molar-refractivity contribution in [3.8, 4) is 28.7 Å². The van der Waals surface area contributed by atoms with E-state index in [1.54, 1.807) is 66.4 Å². The summed E-state index contributed by atoms with van der Waals surface area (Å²) in [6.07, 6.45) is 4.81. The van der Waals surface area contributed by atoms with Gasteiger partial charge in [-0.2, -0.15) is 0 Å². The number of carbonyl (C=O) groups excluding carboxylic acids is 5. The molecule has 1 saturated carbocycles. The molecule has 77 heavy (non-hydrogen) atoms. The molecule has 4 N–H and O–H groups in total. The molecule has 5 aliphatic rings. The fourth-order valence-corrected chi connectivity index (χ4v) is 10.6. The number of aliphatic hydroxyl groups excluding tert-OH is 1. The van der Waals surface area contributed by atoms with Gasteiger partial charge in [-0.3, -0.25) is 24.2 Å². The summed E-state index contributed by atoms with van der Waals surface area (Å²) in [4.78, 5) is 77.4. The highest BCUT2D eigenvalue weighted by molar-refractivity contribution is 6.07. The maximum atomic E-state index is 14.4. The molecule has 4 heterocycles. The average Bonchev–Trinajstić information content (AvgIpc) is 4.13. The van der Waals surface area contributed by atoms with Crippen molar-refractivity contribution in [2.75, 3.05) is 46.0 Å². The number of fused-ring (bicyclic) bond motifs is 5. The Hall–Kier alpha value is -7.96. The monoisotopic (exact) mass is 1050 g/mol. The van der Waals surface area contributed by atoms with Crippen LogP contribution in [0.1, 0.15) is 90.3 Å². The molecule has 5 atom stereocenters. The van der Waals surface area contributed by atoms with Gasteiger partial charge in [0, 0.05) is 50.4 Å². The van der Waals surface area contributed by atoms with Gasteiger partial charge < -0.3 is 54.4 Å². The first-order valence-electron chi connectivity index (χ1n) is 26.0. The van der Waals surface area contributed by atoms with Crippen LogP contribution in [0.15, 0.2) is 96.1 Å². The third-order valence-corrected chi connectivity index (χ3v) is 15.4. The summed E-state index contributed by atoms with van der Waals surface area (Å²) in [5, 5.41) is 16.9. The highest BCUT2D eigenvalue weighted by Gasteiger charge is 2.58. The van der Waals surface area contributed by atoms with Gasteiger partial charge in [-0.15, -0.1) is 0 Å². The minimum Gasteiger partial charge on any atom is -0.497 e. The zero-order valence-corrected chi connectivity index (χ0v) is 44.1. The molecule has 1 aliphatic carbocycles. The van der Waals surface area contributed by atoms with Crippen LogP contribution in [0.4, 0.5) is 16.2 Å². The molecule has 10 rings (SSSR count). The van der Waals surface area contributed by atoms with Crippen molar-refractivity contribution < 1.29 is 57.5 Å². The Morgan fingerprint density at radius 1 is 0.805 bits per heavy atom. The Balaban J connectivity index is 0.797. The first kappa shape index (κ1) is 52.5. The third-order valence-electron chi connectivity index (χ3n) is 15.4. The number of ketones is 1. The molecule has 2 fully saturated rings. The molecule has 1 spiro atoms. The summed E-state index contributed by atoms with van der Waals surface area (Å²) in [7, 11) is 4.62. The molecule has 5 aromatic carbocycles. The van der Waals surface area contributed by atoms with Crippen LogP contribution in [0.2, 0.25) is 0 Å². The van der Waals surface area contributed by atoms with Crippen molar-refractivity contribution in [1.29, 1.82) is 0 Å². The second kappa shape index (κ2) is 21.6. The molecule has 4 amide bonds. The van der Waals surface area contributed by atoms with Gasteiger partial charge in [-0.05, 0) is 101 Å². The van der Waals surface area contributed by atoms with Crippen LogP contribution in [0.25, 0.3) is 16.3 Å². The number of benzene rings is 5. The molecule has 18 nitrogen and oxygen atoms in total. The van der Waals surface area contributed by atoms with Gasteiger partial charge in [0.25, 0.3) is 11.8 Å². The number of aliphatic imine (C=N–C) groups is 1. The average molecular weight is 1050 g/mol. The molecule has 1 unspecified atom stereocenters. The number of ether oxygens (including phenoxy) is 6. The Morgan fingerprint density at radius 3 is 2.17 bits per heavy atom. The zero-order valence-electron chi connectivity index (χ0n) is 44.1. The van der Waals surface area contributed by atoms with E-state index >= 15 is 0 Å². The number of nitrogens with zero attached hydrogens (tertiary/aromatic N) is 4. The second-order valence-corrected chi connectivity index (χ2v) is 20.9. The van der Waals surface area contributed by atoms with Crippen LogP contribution in [0.3, 0.4) is 0 Å². The first-order chi connectivity index (χ1) is 37.1. The summed E-state index contributed by atoms with van der Waals surface area (Å²) < 4.78 is 35.2. The van der Waals surface area contributed by atoms with E-state index in [1.807, 2.05) is 38.2 Å². The predicted octanol–water partition coefficient (Wildman–Crippen LogP) is 7.75. The van der Waals surface area contributed by atoms with Crippen molar-refractivity contribution in [3.05, 3.63) is 119 Å². The van der Waals surface area contributed by atoms with E-state index in [0.717, 1.165) is 45.4 Å². The maximum absolute atomic E-state index is 14.4. The maximum Gasteiger partial charge on any atom is 0.416 e. The lowest BCUT2D eigenvalue weighted by molar-refractivity contribution is -0.128. The fraction of sp³-hybridized carbons (Fsp3) is 0.390. The van der Waals surface area contributed by atoms with E-state index in [9.17, 15) is 29.1 Å². The number of nitrogens with two attached hydrogens (primary N) is 1. The fourth-order valence-electron chi connectivity index (χ4n) is 10.6. The van der Waals surface area contributed by atoms with E-state index in [2.05, 4.69) is 23.5 Å². The van der Waals surface area contributed by atoms with E-state index in [-0.39, 0.29) is 89.9 Å². The zero-order chi connectivity index (χ0) is 54.3. The molecule has 0 bridgehead atoms. The van der Waals surface area contributed by atoms with Gasteiger partial charge in [0.1, 0.15) is 12.4 Å². The largest absolute Gasteiger partial charge is 0.497 e. The highest BCUT2D eigenvalue weighted by Crippen LogP contribution is 2.57. The van der Waals surface area contributed by atoms with Gasteiger partial charge in [0.05, 0.1) is 81.2 Å². The topological polar surface area (TPSA) is 221 Å². The lowest BCUT2D eigenvalue weighted by atomic mass is 9.99. The van der Waals surface area contributed by atoms with Crippen molar-refractivity contribution in [2.24, 2.45) is 22.1 Å². The number of nitrogens with one attached hydrogen (secondary N) is 1. The molecule has 0 radical (unpaired) electrons. The number of Topliss-reactive ketones (excluding diaryl/α,β-unsaturated/α-hetero) is 1. The van der Waals surface area contributed by atoms with Crippen LogP contribution in [0.5, 0.6) is 28.7 Å². The van der Waals surface area contributed by atoms with Crippen LogP contribution < -0.4 is 39.6 Å². The van der Waals surface area contributed by atoms with Crippen molar-refractivity contribution in [1.82, 2.24) is 15.1 Å². The minimum atomic E-state index is -1.43. The van der Waals surface area contributed by atoms with E-state index in [1.165, 1.54) is 26.4 Å². The predicted molar refractivity (Wildman–Crippen MR) is 288 cm³/mol.